The first-order chi connectivity index (χ1) is 6.59. The average Bonchev–Trinajstić information content (AvgIpc) is 2.15. The highest BCUT2D eigenvalue weighted by Crippen LogP contribution is 2.16. The highest BCUT2D eigenvalue weighted by atomic mass is 16.4. The maximum absolute atomic E-state index is 10.3. The lowest BCUT2D eigenvalue weighted by molar-refractivity contribution is -0.131. The minimum Gasteiger partial charge on any atom is -0.478 e. The summed E-state index contributed by atoms with van der Waals surface area (Å²) in [6, 6.07) is 8.10. The number of allylic oxidation sites excluding steroid dienone is 1. The lowest BCUT2D eigenvalue weighted by atomic mass is 10.00. The zero-order valence-electron chi connectivity index (χ0n) is 8.40. The van der Waals surface area contributed by atoms with E-state index in [4.69, 9.17) is 5.11 Å². The van der Waals surface area contributed by atoms with Crippen molar-refractivity contribution >= 4 is 5.97 Å². The Morgan fingerprint density at radius 2 is 1.93 bits per heavy atom. The predicted molar refractivity (Wildman–Crippen MR) is 56.4 cm³/mol. The molecule has 0 spiro atoms. The van der Waals surface area contributed by atoms with Gasteiger partial charge in [0.15, 0.2) is 0 Å². The van der Waals surface area contributed by atoms with Crippen molar-refractivity contribution in [2.24, 2.45) is 0 Å². The normalized spacial score (nSPS) is 13.0. The molecule has 1 unspecified atom stereocenters. The summed E-state index contributed by atoms with van der Waals surface area (Å²) in [4.78, 5) is 10.3. The molecular weight excluding hydrogens is 176 g/mol. The van der Waals surface area contributed by atoms with E-state index in [2.05, 4.69) is 0 Å². The number of aryl methyl sites for hydroxylation is 1. The van der Waals surface area contributed by atoms with Crippen LogP contribution < -0.4 is 0 Å². The van der Waals surface area contributed by atoms with E-state index >= 15 is 0 Å². The Hall–Kier alpha value is -1.57. The first-order valence-corrected chi connectivity index (χ1v) is 4.57. The number of carbonyl (C=O) groups is 1. The minimum atomic E-state index is -0.899. The molecule has 1 aromatic carbocycles. The lowest BCUT2D eigenvalue weighted by Crippen LogP contribution is -1.92. The van der Waals surface area contributed by atoms with Crippen molar-refractivity contribution in [1.82, 2.24) is 0 Å². The molecule has 0 radical (unpaired) electrons. The second-order valence-electron chi connectivity index (χ2n) is 3.40. The SMILES string of the molecule is Cc1ccc(C(C)/C=C/C(=O)O)cc1. The van der Waals surface area contributed by atoms with Gasteiger partial charge in [-0.2, -0.15) is 0 Å². The molecule has 0 bridgehead atoms. The van der Waals surface area contributed by atoms with Gasteiger partial charge in [-0.1, -0.05) is 42.8 Å². The number of benzene rings is 1. The number of carboxylic acids is 1. The van der Waals surface area contributed by atoms with Crippen LogP contribution in [0.3, 0.4) is 0 Å². The summed E-state index contributed by atoms with van der Waals surface area (Å²) in [5.74, 6) is -0.754. The molecule has 0 heterocycles. The van der Waals surface area contributed by atoms with Crippen molar-refractivity contribution in [2.75, 3.05) is 0 Å². The molecule has 0 saturated heterocycles. The molecule has 0 aliphatic heterocycles. The van der Waals surface area contributed by atoms with Crippen molar-refractivity contribution in [2.45, 2.75) is 19.8 Å². The third kappa shape index (κ3) is 3.05. The number of hydrogen-bond donors (Lipinski definition) is 1. The monoisotopic (exact) mass is 190 g/mol. The molecule has 0 aliphatic carbocycles. The highest BCUT2D eigenvalue weighted by Gasteiger charge is 2.00. The van der Waals surface area contributed by atoms with Gasteiger partial charge < -0.3 is 5.11 Å². The van der Waals surface area contributed by atoms with Crippen LogP contribution in [0.2, 0.25) is 0 Å². The second kappa shape index (κ2) is 4.61. The summed E-state index contributed by atoms with van der Waals surface area (Å²) in [7, 11) is 0. The second-order valence-corrected chi connectivity index (χ2v) is 3.40. The van der Waals surface area contributed by atoms with E-state index in [1.165, 1.54) is 11.6 Å². The lowest BCUT2D eigenvalue weighted by Gasteiger charge is -2.05. The number of hydrogen-bond acceptors (Lipinski definition) is 1. The van der Waals surface area contributed by atoms with Gasteiger partial charge in [0, 0.05) is 6.08 Å². The molecule has 0 aliphatic rings. The molecule has 0 amide bonds. The Bertz CT molecular complexity index is 336. The molecule has 2 heteroatoms. The van der Waals surface area contributed by atoms with E-state index in [-0.39, 0.29) is 5.92 Å². The Kier molecular flexibility index (Phi) is 3.46. The minimum absolute atomic E-state index is 0.145. The molecule has 1 N–H and O–H groups in total. The molecule has 0 aromatic heterocycles. The van der Waals surface area contributed by atoms with Crippen molar-refractivity contribution < 1.29 is 9.90 Å². The van der Waals surface area contributed by atoms with Crippen LogP contribution in [0.4, 0.5) is 0 Å². The van der Waals surface area contributed by atoms with E-state index in [0.29, 0.717) is 0 Å². The Morgan fingerprint density at radius 1 is 1.36 bits per heavy atom. The quantitative estimate of drug-likeness (QED) is 0.744. The van der Waals surface area contributed by atoms with Crippen molar-refractivity contribution in [3.63, 3.8) is 0 Å². The maximum atomic E-state index is 10.3. The first-order valence-electron chi connectivity index (χ1n) is 4.57. The summed E-state index contributed by atoms with van der Waals surface area (Å²) >= 11 is 0. The van der Waals surface area contributed by atoms with Gasteiger partial charge in [-0.25, -0.2) is 4.79 Å². The van der Waals surface area contributed by atoms with E-state index in [0.717, 1.165) is 5.56 Å². The van der Waals surface area contributed by atoms with Gasteiger partial charge in [0.2, 0.25) is 0 Å². The molecule has 1 aromatic rings. The van der Waals surface area contributed by atoms with Crippen LogP contribution in [-0.4, -0.2) is 11.1 Å². The van der Waals surface area contributed by atoms with E-state index in [1.807, 2.05) is 38.1 Å². The zero-order valence-corrected chi connectivity index (χ0v) is 8.40. The average molecular weight is 190 g/mol. The largest absolute Gasteiger partial charge is 0.478 e. The molecule has 0 fully saturated rings. The van der Waals surface area contributed by atoms with Gasteiger partial charge in [0.1, 0.15) is 0 Å². The van der Waals surface area contributed by atoms with Crippen LogP contribution in [0.1, 0.15) is 24.0 Å². The van der Waals surface area contributed by atoms with Gasteiger partial charge in [-0.3, -0.25) is 0 Å². The fourth-order valence-electron chi connectivity index (χ4n) is 1.21. The smallest absolute Gasteiger partial charge is 0.327 e. The highest BCUT2D eigenvalue weighted by molar-refractivity contribution is 5.79. The van der Waals surface area contributed by atoms with Crippen molar-refractivity contribution in [1.29, 1.82) is 0 Å². The third-order valence-corrected chi connectivity index (χ3v) is 2.13. The van der Waals surface area contributed by atoms with Crippen LogP contribution in [0.5, 0.6) is 0 Å². The molecule has 1 atom stereocenters. The maximum Gasteiger partial charge on any atom is 0.327 e. The Balaban J connectivity index is 2.74. The molecule has 2 nitrogen and oxygen atoms in total. The summed E-state index contributed by atoms with van der Waals surface area (Å²) < 4.78 is 0. The van der Waals surface area contributed by atoms with Crippen LogP contribution in [0.25, 0.3) is 0 Å². The summed E-state index contributed by atoms with van der Waals surface area (Å²) in [6.45, 7) is 4.01. The fourth-order valence-corrected chi connectivity index (χ4v) is 1.21. The predicted octanol–water partition coefficient (Wildman–Crippen LogP) is 2.74. The van der Waals surface area contributed by atoms with E-state index in [9.17, 15) is 4.79 Å². The van der Waals surface area contributed by atoms with Crippen LogP contribution in [0.15, 0.2) is 36.4 Å². The standard InChI is InChI=1S/C12H14O2/c1-9-3-6-11(7-4-9)10(2)5-8-12(13)14/h3-8,10H,1-2H3,(H,13,14)/b8-5+. The molecular formula is C12H14O2. The van der Waals surface area contributed by atoms with E-state index < -0.39 is 5.97 Å². The van der Waals surface area contributed by atoms with Crippen LogP contribution in [-0.2, 0) is 4.79 Å². The van der Waals surface area contributed by atoms with Gasteiger partial charge in [-0.15, -0.1) is 0 Å². The summed E-state index contributed by atoms with van der Waals surface area (Å²) in [6.07, 6.45) is 2.87. The van der Waals surface area contributed by atoms with Gasteiger partial charge in [0.05, 0.1) is 0 Å². The molecule has 1 rings (SSSR count). The Labute approximate surface area is 83.9 Å². The topological polar surface area (TPSA) is 37.3 Å². The van der Waals surface area contributed by atoms with Crippen molar-refractivity contribution in [3.8, 4) is 0 Å². The van der Waals surface area contributed by atoms with Crippen LogP contribution >= 0.6 is 0 Å². The Morgan fingerprint density at radius 3 is 2.43 bits per heavy atom. The number of carboxylic acid groups (broad SMARTS) is 1. The van der Waals surface area contributed by atoms with E-state index in [1.54, 1.807) is 6.08 Å². The molecule has 14 heavy (non-hydrogen) atoms. The van der Waals surface area contributed by atoms with Gasteiger partial charge in [-0.05, 0) is 18.4 Å². The molecule has 0 saturated carbocycles. The van der Waals surface area contributed by atoms with Crippen LogP contribution in [0, 0.1) is 6.92 Å². The number of rotatable bonds is 3. The van der Waals surface area contributed by atoms with Gasteiger partial charge in [0.25, 0.3) is 0 Å². The molecule has 74 valence electrons. The third-order valence-electron chi connectivity index (χ3n) is 2.13. The fraction of sp³-hybridized carbons (Fsp3) is 0.250. The van der Waals surface area contributed by atoms with Gasteiger partial charge >= 0.3 is 5.97 Å². The first kappa shape index (κ1) is 10.5. The number of aliphatic carboxylic acids is 1. The summed E-state index contributed by atoms with van der Waals surface area (Å²) in [5, 5.41) is 8.47. The van der Waals surface area contributed by atoms with Crippen molar-refractivity contribution in [3.05, 3.63) is 47.5 Å². The zero-order chi connectivity index (χ0) is 10.6. The summed E-state index contributed by atoms with van der Waals surface area (Å²) in [5.41, 5.74) is 2.34.